The highest BCUT2D eigenvalue weighted by molar-refractivity contribution is 5.97. The van der Waals surface area contributed by atoms with Crippen LogP contribution in [0.1, 0.15) is 60.3 Å². The number of hydrogen-bond donors (Lipinski definition) is 0. The van der Waals surface area contributed by atoms with Crippen LogP contribution in [0.15, 0.2) is 23.0 Å². The summed E-state index contributed by atoms with van der Waals surface area (Å²) in [6, 6.07) is 0. The minimum atomic E-state index is -0.142. The van der Waals surface area contributed by atoms with Gasteiger partial charge < -0.3 is 4.74 Å². The van der Waals surface area contributed by atoms with Crippen molar-refractivity contribution in [1.82, 2.24) is 0 Å². The summed E-state index contributed by atoms with van der Waals surface area (Å²) in [4.78, 5) is 12.6. The Morgan fingerprint density at radius 3 is 2.58 bits per heavy atom. The highest BCUT2D eigenvalue weighted by Crippen LogP contribution is 2.52. The van der Waals surface area contributed by atoms with Crippen LogP contribution < -0.4 is 0 Å². The van der Waals surface area contributed by atoms with Crippen LogP contribution in [-0.2, 0) is 9.53 Å². The molecule has 2 aliphatic rings. The third-order valence-electron chi connectivity index (χ3n) is 4.73. The lowest BCUT2D eigenvalue weighted by atomic mass is 9.67. The molecule has 0 amide bonds. The van der Waals surface area contributed by atoms with Crippen LogP contribution in [0.5, 0.6) is 0 Å². The number of rotatable bonds is 2. The Labute approximate surface area is 116 Å². The molecule has 0 aromatic heterocycles. The normalized spacial score (nSPS) is 31.1. The Morgan fingerprint density at radius 1 is 1.42 bits per heavy atom. The van der Waals surface area contributed by atoms with Crippen molar-refractivity contribution in [2.75, 3.05) is 0 Å². The first-order valence-electron chi connectivity index (χ1n) is 7.42. The minimum Gasteiger partial charge on any atom is -0.495 e. The van der Waals surface area contributed by atoms with Gasteiger partial charge in [-0.15, -0.1) is 0 Å². The molecule has 0 N–H and O–H groups in total. The summed E-state index contributed by atoms with van der Waals surface area (Å²) >= 11 is 0. The molecular formula is C17H26O2. The van der Waals surface area contributed by atoms with E-state index in [-0.39, 0.29) is 17.3 Å². The maximum atomic E-state index is 12.6. The van der Waals surface area contributed by atoms with Crippen LogP contribution >= 0.6 is 0 Å². The Hall–Kier alpha value is -1.05. The van der Waals surface area contributed by atoms with Crippen molar-refractivity contribution < 1.29 is 9.53 Å². The second-order valence-electron chi connectivity index (χ2n) is 6.68. The van der Waals surface area contributed by atoms with Crippen molar-refractivity contribution in [2.24, 2.45) is 11.3 Å². The standard InChI is InChI=1S/C17H26O2/c1-11(2)14-6-7-17(10-14)13(5)8-15(9-16(17)18)19-12(3)4/h9,12-13H,6-8,10H2,1-5H3. The van der Waals surface area contributed by atoms with E-state index in [0.717, 1.165) is 31.4 Å². The summed E-state index contributed by atoms with van der Waals surface area (Å²) in [5.41, 5.74) is 2.74. The molecule has 2 unspecified atom stereocenters. The van der Waals surface area contributed by atoms with Crippen molar-refractivity contribution in [3.05, 3.63) is 23.0 Å². The van der Waals surface area contributed by atoms with Gasteiger partial charge in [-0.2, -0.15) is 0 Å². The maximum Gasteiger partial charge on any atom is 0.165 e. The minimum absolute atomic E-state index is 0.142. The second-order valence-corrected chi connectivity index (χ2v) is 6.68. The summed E-state index contributed by atoms with van der Waals surface area (Å²) in [7, 11) is 0. The van der Waals surface area contributed by atoms with Gasteiger partial charge in [-0.1, -0.05) is 18.1 Å². The van der Waals surface area contributed by atoms with Gasteiger partial charge in [0.15, 0.2) is 5.78 Å². The molecule has 0 heterocycles. The molecule has 0 aromatic rings. The van der Waals surface area contributed by atoms with E-state index in [0.29, 0.717) is 5.92 Å². The number of ether oxygens (including phenoxy) is 1. The van der Waals surface area contributed by atoms with Crippen molar-refractivity contribution in [3.63, 3.8) is 0 Å². The molecule has 1 saturated carbocycles. The number of allylic oxidation sites excluding steroid dienone is 4. The number of carbonyl (C=O) groups excluding carboxylic acids is 1. The third-order valence-corrected chi connectivity index (χ3v) is 4.73. The summed E-state index contributed by atoms with van der Waals surface area (Å²) in [5.74, 6) is 1.55. The number of carbonyl (C=O) groups is 1. The van der Waals surface area contributed by atoms with Gasteiger partial charge >= 0.3 is 0 Å². The average Bonchev–Trinajstić information content (AvgIpc) is 2.71. The van der Waals surface area contributed by atoms with E-state index in [1.54, 1.807) is 6.08 Å². The smallest absolute Gasteiger partial charge is 0.165 e. The van der Waals surface area contributed by atoms with Gasteiger partial charge in [0.2, 0.25) is 0 Å². The lowest BCUT2D eigenvalue weighted by molar-refractivity contribution is -0.127. The molecule has 0 saturated heterocycles. The average molecular weight is 262 g/mol. The van der Waals surface area contributed by atoms with Crippen LogP contribution in [0.2, 0.25) is 0 Å². The van der Waals surface area contributed by atoms with Gasteiger partial charge in [-0.3, -0.25) is 4.79 Å². The Balaban J connectivity index is 2.24. The molecule has 0 aromatic carbocycles. The molecule has 2 aliphatic carbocycles. The van der Waals surface area contributed by atoms with E-state index >= 15 is 0 Å². The van der Waals surface area contributed by atoms with Crippen molar-refractivity contribution in [1.29, 1.82) is 0 Å². The van der Waals surface area contributed by atoms with Gasteiger partial charge in [0.05, 0.1) is 6.10 Å². The monoisotopic (exact) mass is 262 g/mol. The molecule has 1 spiro atoms. The molecule has 106 valence electrons. The molecule has 0 radical (unpaired) electrons. The number of hydrogen-bond acceptors (Lipinski definition) is 2. The van der Waals surface area contributed by atoms with Crippen LogP contribution in [-0.4, -0.2) is 11.9 Å². The van der Waals surface area contributed by atoms with Gasteiger partial charge in [0.1, 0.15) is 5.76 Å². The Kier molecular flexibility index (Phi) is 3.89. The quantitative estimate of drug-likeness (QED) is 0.689. The van der Waals surface area contributed by atoms with E-state index in [1.165, 1.54) is 11.1 Å². The third kappa shape index (κ3) is 2.63. The highest BCUT2D eigenvalue weighted by Gasteiger charge is 2.48. The van der Waals surface area contributed by atoms with Crippen molar-refractivity contribution in [3.8, 4) is 0 Å². The summed E-state index contributed by atoms with van der Waals surface area (Å²) in [6.45, 7) is 10.6. The van der Waals surface area contributed by atoms with E-state index < -0.39 is 0 Å². The molecule has 1 fully saturated rings. The van der Waals surface area contributed by atoms with Crippen LogP contribution in [0, 0.1) is 11.3 Å². The van der Waals surface area contributed by atoms with Crippen LogP contribution in [0.25, 0.3) is 0 Å². The number of ketones is 1. The van der Waals surface area contributed by atoms with Gasteiger partial charge in [-0.05, 0) is 52.9 Å². The van der Waals surface area contributed by atoms with Crippen LogP contribution in [0.4, 0.5) is 0 Å². The van der Waals surface area contributed by atoms with E-state index in [4.69, 9.17) is 4.74 Å². The molecule has 2 atom stereocenters. The van der Waals surface area contributed by atoms with Crippen molar-refractivity contribution in [2.45, 2.75) is 66.4 Å². The molecule has 0 bridgehead atoms. The lowest BCUT2D eigenvalue weighted by Gasteiger charge is -2.37. The topological polar surface area (TPSA) is 26.3 Å². The largest absolute Gasteiger partial charge is 0.495 e. The fraction of sp³-hybridized carbons (Fsp3) is 0.706. The fourth-order valence-corrected chi connectivity index (χ4v) is 3.46. The first-order chi connectivity index (χ1) is 8.85. The van der Waals surface area contributed by atoms with E-state index in [2.05, 4.69) is 20.8 Å². The van der Waals surface area contributed by atoms with Gasteiger partial charge in [0.25, 0.3) is 0 Å². The fourth-order valence-electron chi connectivity index (χ4n) is 3.46. The molecular weight excluding hydrogens is 236 g/mol. The zero-order valence-corrected chi connectivity index (χ0v) is 12.9. The summed E-state index contributed by atoms with van der Waals surface area (Å²) < 4.78 is 5.74. The molecule has 2 nitrogen and oxygen atoms in total. The summed E-state index contributed by atoms with van der Waals surface area (Å²) in [5, 5.41) is 0. The Morgan fingerprint density at radius 2 is 2.11 bits per heavy atom. The first-order valence-corrected chi connectivity index (χ1v) is 7.42. The molecule has 19 heavy (non-hydrogen) atoms. The van der Waals surface area contributed by atoms with E-state index in [1.807, 2.05) is 13.8 Å². The van der Waals surface area contributed by atoms with Gasteiger partial charge in [-0.25, -0.2) is 0 Å². The highest BCUT2D eigenvalue weighted by atomic mass is 16.5. The maximum absolute atomic E-state index is 12.6. The van der Waals surface area contributed by atoms with Crippen LogP contribution in [0.3, 0.4) is 0 Å². The second kappa shape index (κ2) is 5.15. The van der Waals surface area contributed by atoms with Gasteiger partial charge in [0, 0.05) is 17.9 Å². The Bertz CT molecular complexity index is 438. The molecule has 2 rings (SSSR count). The SMILES string of the molecule is CC(C)=C1CCC2(C1)C(=O)C=C(OC(C)C)CC2C. The zero-order valence-electron chi connectivity index (χ0n) is 12.9. The first kappa shape index (κ1) is 14.4. The molecule has 2 heteroatoms. The lowest BCUT2D eigenvalue weighted by Crippen LogP contribution is -2.37. The summed E-state index contributed by atoms with van der Waals surface area (Å²) in [6.07, 6.45) is 5.89. The van der Waals surface area contributed by atoms with E-state index in [9.17, 15) is 4.79 Å². The predicted molar refractivity (Wildman–Crippen MR) is 77.8 cm³/mol. The zero-order chi connectivity index (χ0) is 14.2. The van der Waals surface area contributed by atoms with Crippen molar-refractivity contribution >= 4 is 5.78 Å². The predicted octanol–water partition coefficient (Wildman–Crippen LogP) is 4.41. The molecule has 0 aliphatic heterocycles.